The molecule has 0 aromatic rings. The highest BCUT2D eigenvalue weighted by Gasteiger charge is 2.16. The average molecular weight is 170 g/mol. The van der Waals surface area contributed by atoms with Crippen LogP contribution >= 0.6 is 0 Å². The summed E-state index contributed by atoms with van der Waals surface area (Å²) in [6.07, 6.45) is 6.85. The maximum atomic E-state index is 9.38. The van der Waals surface area contributed by atoms with Gasteiger partial charge in [-0.15, -0.1) is 6.58 Å². The van der Waals surface area contributed by atoms with Crippen molar-refractivity contribution in [3.8, 4) is 0 Å². The minimum atomic E-state index is -0.216. The number of ether oxygens (including phenoxy) is 1. The molecule has 2 heteroatoms. The van der Waals surface area contributed by atoms with Gasteiger partial charge in [-0.05, 0) is 32.1 Å². The van der Waals surface area contributed by atoms with E-state index in [0.29, 0.717) is 12.5 Å². The van der Waals surface area contributed by atoms with Gasteiger partial charge in [-0.3, -0.25) is 0 Å². The zero-order chi connectivity index (χ0) is 8.81. The van der Waals surface area contributed by atoms with Crippen LogP contribution in [0.15, 0.2) is 12.7 Å². The predicted octanol–water partition coefficient (Wildman–Crippen LogP) is 1.88. The van der Waals surface area contributed by atoms with Crippen LogP contribution in [0.1, 0.15) is 32.1 Å². The number of hydrogen-bond acceptors (Lipinski definition) is 2. The molecule has 0 aliphatic carbocycles. The Morgan fingerprint density at radius 1 is 1.67 bits per heavy atom. The van der Waals surface area contributed by atoms with Gasteiger partial charge in [0.05, 0.1) is 12.2 Å². The summed E-state index contributed by atoms with van der Waals surface area (Å²) in [4.78, 5) is 0. The number of aliphatic hydroxyl groups excluding tert-OH is 1. The van der Waals surface area contributed by atoms with Crippen LogP contribution in [-0.4, -0.2) is 23.9 Å². The van der Waals surface area contributed by atoms with E-state index in [1.165, 1.54) is 12.8 Å². The van der Waals surface area contributed by atoms with Crippen molar-refractivity contribution in [3.63, 3.8) is 0 Å². The summed E-state index contributed by atoms with van der Waals surface area (Å²) < 4.78 is 5.44. The molecular formula is C10H18O2. The summed E-state index contributed by atoms with van der Waals surface area (Å²) in [6, 6.07) is 0. The van der Waals surface area contributed by atoms with Crippen LogP contribution in [0.4, 0.5) is 0 Å². The van der Waals surface area contributed by atoms with Crippen LogP contribution in [0, 0.1) is 0 Å². The van der Waals surface area contributed by atoms with Crippen molar-refractivity contribution in [1.82, 2.24) is 0 Å². The average Bonchev–Trinajstić information content (AvgIpc) is 2.53. The van der Waals surface area contributed by atoms with Crippen molar-refractivity contribution in [3.05, 3.63) is 12.7 Å². The fourth-order valence-corrected chi connectivity index (χ4v) is 1.56. The van der Waals surface area contributed by atoms with E-state index in [4.69, 9.17) is 4.74 Å². The van der Waals surface area contributed by atoms with Crippen LogP contribution in [-0.2, 0) is 4.74 Å². The van der Waals surface area contributed by atoms with E-state index in [0.717, 1.165) is 19.4 Å². The first kappa shape index (κ1) is 9.75. The van der Waals surface area contributed by atoms with Crippen molar-refractivity contribution >= 4 is 0 Å². The highest BCUT2D eigenvalue weighted by molar-refractivity contribution is 4.74. The number of rotatable bonds is 5. The molecule has 0 amide bonds. The highest BCUT2D eigenvalue weighted by Crippen LogP contribution is 2.18. The fourth-order valence-electron chi connectivity index (χ4n) is 1.56. The lowest BCUT2D eigenvalue weighted by atomic mass is 10.1. The third-order valence-electron chi connectivity index (χ3n) is 2.28. The van der Waals surface area contributed by atoms with Crippen LogP contribution in [0.3, 0.4) is 0 Å². The molecule has 0 saturated carbocycles. The first-order valence-corrected chi connectivity index (χ1v) is 4.73. The summed E-state index contributed by atoms with van der Waals surface area (Å²) in [5, 5.41) is 9.38. The molecule has 0 spiro atoms. The van der Waals surface area contributed by atoms with Crippen LogP contribution < -0.4 is 0 Å². The third kappa shape index (κ3) is 3.37. The van der Waals surface area contributed by atoms with Crippen molar-refractivity contribution in [2.75, 3.05) is 6.61 Å². The second-order valence-electron chi connectivity index (χ2n) is 3.39. The molecule has 0 aromatic carbocycles. The van der Waals surface area contributed by atoms with Crippen molar-refractivity contribution < 1.29 is 9.84 Å². The SMILES string of the molecule is C=CCC(O)CCC1CCCO1. The molecule has 2 unspecified atom stereocenters. The second-order valence-corrected chi connectivity index (χ2v) is 3.39. The normalized spacial score (nSPS) is 25.6. The Labute approximate surface area is 74.2 Å². The lowest BCUT2D eigenvalue weighted by molar-refractivity contribution is 0.0819. The molecular weight excluding hydrogens is 152 g/mol. The first-order chi connectivity index (χ1) is 5.83. The summed E-state index contributed by atoms with van der Waals surface area (Å²) >= 11 is 0. The first-order valence-electron chi connectivity index (χ1n) is 4.73. The molecule has 0 radical (unpaired) electrons. The van der Waals surface area contributed by atoms with E-state index in [1.54, 1.807) is 6.08 Å². The maximum Gasteiger partial charge on any atom is 0.0577 e. The zero-order valence-corrected chi connectivity index (χ0v) is 7.54. The molecule has 1 rings (SSSR count). The Morgan fingerprint density at radius 3 is 3.08 bits per heavy atom. The van der Waals surface area contributed by atoms with Gasteiger partial charge in [0.2, 0.25) is 0 Å². The summed E-state index contributed by atoms with van der Waals surface area (Å²) in [6.45, 7) is 4.49. The van der Waals surface area contributed by atoms with E-state index in [1.807, 2.05) is 0 Å². The third-order valence-corrected chi connectivity index (χ3v) is 2.28. The van der Waals surface area contributed by atoms with Gasteiger partial charge >= 0.3 is 0 Å². The maximum absolute atomic E-state index is 9.38. The van der Waals surface area contributed by atoms with Crippen molar-refractivity contribution in [2.45, 2.75) is 44.3 Å². The molecule has 1 aliphatic heterocycles. The van der Waals surface area contributed by atoms with Gasteiger partial charge in [0.1, 0.15) is 0 Å². The second kappa shape index (κ2) is 5.33. The Balaban J connectivity index is 2.03. The van der Waals surface area contributed by atoms with Gasteiger partial charge in [-0.2, -0.15) is 0 Å². The fraction of sp³-hybridized carbons (Fsp3) is 0.800. The standard InChI is InChI=1S/C10H18O2/c1-2-4-9(11)6-7-10-5-3-8-12-10/h2,9-11H,1,3-8H2. The largest absolute Gasteiger partial charge is 0.393 e. The van der Waals surface area contributed by atoms with E-state index >= 15 is 0 Å². The summed E-state index contributed by atoms with van der Waals surface area (Å²) in [5.41, 5.74) is 0. The van der Waals surface area contributed by atoms with E-state index in [-0.39, 0.29) is 6.10 Å². The molecule has 12 heavy (non-hydrogen) atoms. The number of hydrogen-bond donors (Lipinski definition) is 1. The Hall–Kier alpha value is -0.340. The molecule has 1 saturated heterocycles. The minimum Gasteiger partial charge on any atom is -0.393 e. The van der Waals surface area contributed by atoms with Gasteiger partial charge in [0.15, 0.2) is 0 Å². The predicted molar refractivity (Wildman–Crippen MR) is 49.0 cm³/mol. The molecule has 70 valence electrons. The lowest BCUT2D eigenvalue weighted by Gasteiger charge is -2.11. The minimum absolute atomic E-state index is 0.216. The van der Waals surface area contributed by atoms with Gasteiger partial charge in [0.25, 0.3) is 0 Å². The van der Waals surface area contributed by atoms with E-state index in [9.17, 15) is 5.11 Å². The molecule has 2 atom stereocenters. The van der Waals surface area contributed by atoms with Crippen LogP contribution in [0.25, 0.3) is 0 Å². The Morgan fingerprint density at radius 2 is 2.50 bits per heavy atom. The Kier molecular flexibility index (Phi) is 4.33. The quantitative estimate of drug-likeness (QED) is 0.638. The topological polar surface area (TPSA) is 29.5 Å². The summed E-state index contributed by atoms with van der Waals surface area (Å²) in [5.74, 6) is 0. The molecule has 1 heterocycles. The molecule has 1 aliphatic rings. The van der Waals surface area contributed by atoms with Gasteiger partial charge in [0, 0.05) is 6.61 Å². The lowest BCUT2D eigenvalue weighted by Crippen LogP contribution is -2.11. The molecule has 2 nitrogen and oxygen atoms in total. The highest BCUT2D eigenvalue weighted by atomic mass is 16.5. The number of aliphatic hydroxyl groups is 1. The van der Waals surface area contributed by atoms with Gasteiger partial charge < -0.3 is 9.84 Å². The van der Waals surface area contributed by atoms with Crippen LogP contribution in [0.2, 0.25) is 0 Å². The van der Waals surface area contributed by atoms with E-state index < -0.39 is 0 Å². The molecule has 1 N–H and O–H groups in total. The monoisotopic (exact) mass is 170 g/mol. The Bertz CT molecular complexity index is 128. The van der Waals surface area contributed by atoms with Crippen LogP contribution in [0.5, 0.6) is 0 Å². The van der Waals surface area contributed by atoms with Crippen molar-refractivity contribution in [1.29, 1.82) is 0 Å². The zero-order valence-electron chi connectivity index (χ0n) is 7.54. The molecule has 0 aromatic heterocycles. The molecule has 1 fully saturated rings. The van der Waals surface area contributed by atoms with Gasteiger partial charge in [-0.1, -0.05) is 6.08 Å². The van der Waals surface area contributed by atoms with E-state index in [2.05, 4.69) is 6.58 Å². The molecule has 0 bridgehead atoms. The van der Waals surface area contributed by atoms with Gasteiger partial charge in [-0.25, -0.2) is 0 Å². The smallest absolute Gasteiger partial charge is 0.0577 e. The van der Waals surface area contributed by atoms with Crippen molar-refractivity contribution in [2.24, 2.45) is 0 Å². The summed E-state index contributed by atoms with van der Waals surface area (Å²) in [7, 11) is 0.